The number of nitrogens with two attached hydrogens (primary N) is 1. The van der Waals surface area contributed by atoms with Crippen molar-refractivity contribution in [1.29, 1.82) is 0 Å². The van der Waals surface area contributed by atoms with E-state index in [1.54, 1.807) is 0 Å². The lowest BCUT2D eigenvalue weighted by Gasteiger charge is -2.23. The van der Waals surface area contributed by atoms with Crippen LogP contribution in [0.2, 0.25) is 0 Å². The van der Waals surface area contributed by atoms with Gasteiger partial charge in [-0.15, -0.1) is 0 Å². The molecule has 1 atom stereocenters. The van der Waals surface area contributed by atoms with Crippen LogP contribution in [0.5, 0.6) is 0 Å². The highest BCUT2D eigenvalue weighted by Crippen LogP contribution is 2.03. The maximum absolute atomic E-state index is 11.2. The third kappa shape index (κ3) is 5.94. The average Bonchev–Trinajstić information content (AvgIpc) is 2.14. The Labute approximate surface area is 86.4 Å². The maximum Gasteiger partial charge on any atom is 0.307 e. The second-order valence-corrected chi connectivity index (χ2v) is 3.48. The molecule has 0 rings (SSSR count). The number of carbonyl (C=O) groups is 1. The van der Waals surface area contributed by atoms with E-state index in [0.717, 1.165) is 13.0 Å². The highest BCUT2D eigenvalue weighted by atomic mass is 16.5. The highest BCUT2D eigenvalue weighted by Gasteiger charge is 2.13. The lowest BCUT2D eigenvalue weighted by molar-refractivity contribution is -0.144. The van der Waals surface area contributed by atoms with Crippen LogP contribution in [-0.2, 0) is 9.53 Å². The van der Waals surface area contributed by atoms with Gasteiger partial charge in [-0.25, -0.2) is 0 Å². The predicted octanol–water partition coefficient (Wildman–Crippen LogP) is 0.609. The number of hydrogen-bond acceptors (Lipinski definition) is 4. The van der Waals surface area contributed by atoms with Crippen molar-refractivity contribution in [3.8, 4) is 0 Å². The van der Waals surface area contributed by atoms with Gasteiger partial charge in [0.05, 0.1) is 13.0 Å². The zero-order chi connectivity index (χ0) is 11.0. The Morgan fingerprint density at radius 3 is 2.71 bits per heavy atom. The second kappa shape index (κ2) is 7.76. The molecule has 0 aromatic rings. The minimum Gasteiger partial charge on any atom is -0.466 e. The summed E-state index contributed by atoms with van der Waals surface area (Å²) in [6.45, 7) is 5.92. The van der Waals surface area contributed by atoms with E-state index in [0.29, 0.717) is 19.6 Å². The molecule has 0 saturated heterocycles. The first-order chi connectivity index (χ1) is 6.61. The van der Waals surface area contributed by atoms with Gasteiger partial charge in [-0.2, -0.15) is 0 Å². The van der Waals surface area contributed by atoms with E-state index in [-0.39, 0.29) is 12.0 Å². The molecule has 0 fully saturated rings. The van der Waals surface area contributed by atoms with Gasteiger partial charge in [0, 0.05) is 6.04 Å². The lowest BCUT2D eigenvalue weighted by atomic mass is 10.2. The van der Waals surface area contributed by atoms with Gasteiger partial charge >= 0.3 is 5.97 Å². The first kappa shape index (κ1) is 13.4. The molecule has 1 unspecified atom stereocenters. The summed E-state index contributed by atoms with van der Waals surface area (Å²) >= 11 is 0. The van der Waals surface area contributed by atoms with Gasteiger partial charge in [-0.3, -0.25) is 4.79 Å². The molecule has 0 saturated carbocycles. The van der Waals surface area contributed by atoms with E-state index in [2.05, 4.69) is 4.90 Å². The van der Waals surface area contributed by atoms with Crippen molar-refractivity contribution < 1.29 is 9.53 Å². The Balaban J connectivity index is 3.70. The van der Waals surface area contributed by atoms with Crippen molar-refractivity contribution >= 4 is 5.97 Å². The van der Waals surface area contributed by atoms with Crippen LogP contribution in [-0.4, -0.2) is 43.7 Å². The minimum atomic E-state index is -0.125. The summed E-state index contributed by atoms with van der Waals surface area (Å²) in [6.07, 6.45) is 1.42. The van der Waals surface area contributed by atoms with Gasteiger partial charge in [-0.1, -0.05) is 0 Å². The van der Waals surface area contributed by atoms with Gasteiger partial charge in [-0.05, 0) is 40.4 Å². The molecule has 0 radical (unpaired) electrons. The first-order valence-electron chi connectivity index (χ1n) is 5.17. The number of esters is 1. The molecule has 84 valence electrons. The van der Waals surface area contributed by atoms with Gasteiger partial charge in [0.1, 0.15) is 0 Å². The van der Waals surface area contributed by atoms with E-state index in [1.807, 2.05) is 20.9 Å². The van der Waals surface area contributed by atoms with Gasteiger partial charge in [0.2, 0.25) is 0 Å². The fraction of sp³-hybridized carbons (Fsp3) is 0.900. The van der Waals surface area contributed by atoms with Crippen LogP contribution in [0.4, 0.5) is 0 Å². The molecule has 2 N–H and O–H groups in total. The van der Waals surface area contributed by atoms with Gasteiger partial charge in [0.15, 0.2) is 0 Å². The quantitative estimate of drug-likeness (QED) is 0.614. The van der Waals surface area contributed by atoms with E-state index in [1.165, 1.54) is 0 Å². The molecule has 0 aromatic carbocycles. The van der Waals surface area contributed by atoms with Crippen LogP contribution in [0.1, 0.15) is 26.7 Å². The van der Waals surface area contributed by atoms with Gasteiger partial charge < -0.3 is 15.4 Å². The molecule has 0 amide bonds. The van der Waals surface area contributed by atoms with Crippen molar-refractivity contribution in [2.45, 2.75) is 32.7 Å². The van der Waals surface area contributed by atoms with E-state index in [9.17, 15) is 4.79 Å². The average molecular weight is 202 g/mol. The molecule has 4 heteroatoms. The summed E-state index contributed by atoms with van der Waals surface area (Å²) in [4.78, 5) is 13.3. The van der Waals surface area contributed by atoms with Crippen molar-refractivity contribution in [1.82, 2.24) is 4.90 Å². The van der Waals surface area contributed by atoms with Crippen molar-refractivity contribution in [3.63, 3.8) is 0 Å². The second-order valence-electron chi connectivity index (χ2n) is 3.48. The van der Waals surface area contributed by atoms with Gasteiger partial charge in [0.25, 0.3) is 0 Å². The highest BCUT2D eigenvalue weighted by molar-refractivity contribution is 5.69. The summed E-state index contributed by atoms with van der Waals surface area (Å²) in [5.41, 5.74) is 5.41. The third-order valence-electron chi connectivity index (χ3n) is 2.23. The topological polar surface area (TPSA) is 55.6 Å². The van der Waals surface area contributed by atoms with Crippen molar-refractivity contribution in [2.24, 2.45) is 5.73 Å². The molecule has 4 nitrogen and oxygen atoms in total. The van der Waals surface area contributed by atoms with E-state index < -0.39 is 0 Å². The molecule has 0 bridgehead atoms. The Kier molecular flexibility index (Phi) is 7.42. The summed E-state index contributed by atoms with van der Waals surface area (Å²) in [7, 11) is 2.00. The largest absolute Gasteiger partial charge is 0.466 e. The Morgan fingerprint density at radius 2 is 2.21 bits per heavy atom. The number of nitrogens with zero attached hydrogens (tertiary/aromatic N) is 1. The summed E-state index contributed by atoms with van der Waals surface area (Å²) in [5, 5.41) is 0. The normalized spacial score (nSPS) is 12.9. The Bertz CT molecular complexity index is 162. The molecule has 0 heterocycles. The molecular formula is C10H22N2O2. The standard InChI is InChI=1S/C10H22N2O2/c1-4-14-10(13)8-9(2)12(3)7-5-6-11/h9H,4-8,11H2,1-3H3. The first-order valence-corrected chi connectivity index (χ1v) is 5.17. The summed E-state index contributed by atoms with van der Waals surface area (Å²) in [5.74, 6) is -0.125. The summed E-state index contributed by atoms with van der Waals surface area (Å²) in [6, 6.07) is 0.223. The number of hydrogen-bond donors (Lipinski definition) is 1. The maximum atomic E-state index is 11.2. The molecule has 0 aliphatic heterocycles. The van der Waals surface area contributed by atoms with E-state index in [4.69, 9.17) is 10.5 Å². The SMILES string of the molecule is CCOC(=O)CC(C)N(C)CCCN. The molecule has 0 aliphatic carbocycles. The van der Waals surface area contributed by atoms with Crippen LogP contribution >= 0.6 is 0 Å². The molecule has 0 aliphatic rings. The zero-order valence-electron chi connectivity index (χ0n) is 9.45. The molecule has 0 aromatic heterocycles. The van der Waals surface area contributed by atoms with Crippen LogP contribution in [0.15, 0.2) is 0 Å². The van der Waals surface area contributed by atoms with Crippen LogP contribution in [0, 0.1) is 0 Å². The monoisotopic (exact) mass is 202 g/mol. The predicted molar refractivity (Wildman–Crippen MR) is 57.0 cm³/mol. The Morgan fingerprint density at radius 1 is 1.57 bits per heavy atom. The fourth-order valence-electron chi connectivity index (χ4n) is 1.18. The number of carbonyl (C=O) groups excluding carboxylic acids is 1. The fourth-order valence-corrected chi connectivity index (χ4v) is 1.18. The van der Waals surface area contributed by atoms with Crippen LogP contribution in [0.3, 0.4) is 0 Å². The smallest absolute Gasteiger partial charge is 0.307 e. The molecule has 0 spiro atoms. The molecular weight excluding hydrogens is 180 g/mol. The minimum absolute atomic E-state index is 0.125. The Hall–Kier alpha value is -0.610. The van der Waals surface area contributed by atoms with Crippen molar-refractivity contribution in [3.05, 3.63) is 0 Å². The zero-order valence-corrected chi connectivity index (χ0v) is 9.45. The number of rotatable bonds is 7. The molecule has 14 heavy (non-hydrogen) atoms. The van der Waals surface area contributed by atoms with Crippen LogP contribution in [0.25, 0.3) is 0 Å². The van der Waals surface area contributed by atoms with Crippen LogP contribution < -0.4 is 5.73 Å². The van der Waals surface area contributed by atoms with Crippen molar-refractivity contribution in [2.75, 3.05) is 26.7 Å². The van der Waals surface area contributed by atoms with E-state index >= 15 is 0 Å². The number of ether oxygens (including phenoxy) is 1. The lowest BCUT2D eigenvalue weighted by Crippen LogP contribution is -2.33. The summed E-state index contributed by atoms with van der Waals surface area (Å²) < 4.78 is 4.88. The third-order valence-corrected chi connectivity index (χ3v) is 2.23.